The maximum absolute atomic E-state index is 14.2. The molecule has 0 N–H and O–H groups in total. The Kier molecular flexibility index (Phi) is 8.25. The zero-order chi connectivity index (χ0) is 26.5. The monoisotopic (exact) mass is 522 g/mol. The quantitative estimate of drug-likeness (QED) is 0.466. The summed E-state index contributed by atoms with van der Waals surface area (Å²) in [7, 11) is 1.59. The molecule has 1 saturated heterocycles. The van der Waals surface area contributed by atoms with Crippen molar-refractivity contribution in [3.63, 3.8) is 0 Å². The van der Waals surface area contributed by atoms with Gasteiger partial charge in [0.25, 0.3) is 5.91 Å². The van der Waals surface area contributed by atoms with E-state index in [0.717, 1.165) is 32.1 Å². The van der Waals surface area contributed by atoms with Crippen LogP contribution in [0.4, 0.5) is 0 Å². The minimum Gasteiger partial charge on any atom is -0.493 e. The van der Waals surface area contributed by atoms with Crippen molar-refractivity contribution in [1.82, 2.24) is 9.80 Å². The van der Waals surface area contributed by atoms with E-state index in [1.54, 1.807) is 12.0 Å². The molecule has 0 spiro atoms. The molecule has 0 radical (unpaired) electrons. The number of nitrogens with zero attached hydrogens (tertiary/aromatic N) is 2. The molecule has 2 aromatic rings. The Labute approximate surface area is 224 Å². The van der Waals surface area contributed by atoms with Crippen molar-refractivity contribution in [1.29, 1.82) is 0 Å². The van der Waals surface area contributed by atoms with Crippen molar-refractivity contribution in [2.75, 3.05) is 33.4 Å². The molecule has 2 atom stereocenters. The molecule has 204 valence electrons. The van der Waals surface area contributed by atoms with Gasteiger partial charge in [0.15, 0.2) is 29.1 Å². The summed E-state index contributed by atoms with van der Waals surface area (Å²) in [5.41, 5.74) is 0.708. The molecule has 2 aromatic carbocycles. The molecule has 8 heteroatoms. The van der Waals surface area contributed by atoms with Gasteiger partial charge in [0, 0.05) is 6.04 Å². The number of piperazine rings is 1. The standard InChI is InChI=1S/C30H38N2O6/c1-3-16-36-25-15-14-21(17-27(25)35-2)29-30(34)31(22-10-6-4-5-7-11-22)19-28(33)32(29)18-23-20-37-24-12-8-9-13-26(24)38-23/h8-9,12-15,17,22-23,29H,3-7,10-11,16,18-20H2,1-2H3. The number of hydrogen-bond donors (Lipinski definition) is 0. The first-order valence-electron chi connectivity index (χ1n) is 13.9. The Morgan fingerprint density at radius 1 is 0.974 bits per heavy atom. The minimum absolute atomic E-state index is 0.0436. The van der Waals surface area contributed by atoms with Gasteiger partial charge in [-0.3, -0.25) is 9.59 Å². The third-order valence-electron chi connectivity index (χ3n) is 7.65. The average molecular weight is 523 g/mol. The van der Waals surface area contributed by atoms with Crippen molar-refractivity contribution < 1.29 is 28.5 Å². The molecule has 2 amide bonds. The second kappa shape index (κ2) is 12.0. The number of benzene rings is 2. The number of amides is 2. The van der Waals surface area contributed by atoms with Gasteiger partial charge in [0.1, 0.15) is 19.2 Å². The van der Waals surface area contributed by atoms with Gasteiger partial charge >= 0.3 is 0 Å². The van der Waals surface area contributed by atoms with E-state index in [9.17, 15) is 9.59 Å². The van der Waals surface area contributed by atoms with E-state index in [1.165, 1.54) is 12.8 Å². The number of para-hydroxylation sites is 2. The Bertz CT molecular complexity index is 1130. The Morgan fingerprint density at radius 3 is 2.47 bits per heavy atom. The van der Waals surface area contributed by atoms with E-state index in [4.69, 9.17) is 18.9 Å². The van der Waals surface area contributed by atoms with Gasteiger partial charge in [-0.2, -0.15) is 0 Å². The first-order valence-corrected chi connectivity index (χ1v) is 13.9. The zero-order valence-corrected chi connectivity index (χ0v) is 22.4. The number of methoxy groups -OCH3 is 1. The molecular weight excluding hydrogens is 484 g/mol. The van der Waals surface area contributed by atoms with Crippen molar-refractivity contribution in [2.24, 2.45) is 0 Å². The van der Waals surface area contributed by atoms with Crippen LogP contribution >= 0.6 is 0 Å². The Hall–Kier alpha value is -3.42. The van der Waals surface area contributed by atoms with E-state index < -0.39 is 6.04 Å². The lowest BCUT2D eigenvalue weighted by molar-refractivity contribution is -0.160. The normalized spacial score (nSPS) is 22.3. The summed E-state index contributed by atoms with van der Waals surface area (Å²) in [4.78, 5) is 31.4. The van der Waals surface area contributed by atoms with E-state index in [0.29, 0.717) is 41.8 Å². The van der Waals surface area contributed by atoms with Crippen molar-refractivity contribution in [3.8, 4) is 23.0 Å². The minimum atomic E-state index is -0.769. The summed E-state index contributed by atoms with van der Waals surface area (Å²) in [6, 6.07) is 12.4. The molecule has 2 heterocycles. The summed E-state index contributed by atoms with van der Waals surface area (Å²) in [5.74, 6) is 2.39. The predicted octanol–water partition coefficient (Wildman–Crippen LogP) is 4.76. The smallest absolute Gasteiger partial charge is 0.250 e. The molecule has 8 nitrogen and oxygen atoms in total. The van der Waals surface area contributed by atoms with Gasteiger partial charge in [0.2, 0.25) is 5.91 Å². The van der Waals surface area contributed by atoms with Crippen LogP contribution in [0.15, 0.2) is 42.5 Å². The lowest BCUT2D eigenvalue weighted by atomic mass is 9.96. The van der Waals surface area contributed by atoms with Gasteiger partial charge in [-0.25, -0.2) is 0 Å². The summed E-state index contributed by atoms with van der Waals surface area (Å²) in [5, 5.41) is 0. The van der Waals surface area contributed by atoms with E-state index in [-0.39, 0.29) is 37.0 Å². The van der Waals surface area contributed by atoms with E-state index in [1.807, 2.05) is 54.3 Å². The molecule has 5 rings (SSSR count). The van der Waals surface area contributed by atoms with Crippen LogP contribution in [0.3, 0.4) is 0 Å². The molecule has 2 aliphatic heterocycles. The second-order valence-corrected chi connectivity index (χ2v) is 10.3. The number of fused-ring (bicyclic) bond motifs is 1. The third kappa shape index (κ3) is 5.54. The maximum atomic E-state index is 14.2. The van der Waals surface area contributed by atoms with Gasteiger partial charge in [-0.1, -0.05) is 50.8 Å². The van der Waals surface area contributed by atoms with Crippen molar-refractivity contribution >= 4 is 11.8 Å². The molecule has 3 aliphatic rings. The fourth-order valence-electron chi connectivity index (χ4n) is 5.72. The summed E-state index contributed by atoms with van der Waals surface area (Å²) < 4.78 is 23.6. The summed E-state index contributed by atoms with van der Waals surface area (Å²) in [6.07, 6.45) is 6.89. The lowest BCUT2D eigenvalue weighted by Gasteiger charge is -2.44. The number of ether oxygens (including phenoxy) is 4. The molecule has 1 saturated carbocycles. The van der Waals surface area contributed by atoms with Crippen LogP contribution < -0.4 is 18.9 Å². The third-order valence-corrected chi connectivity index (χ3v) is 7.65. The van der Waals surface area contributed by atoms with Crippen molar-refractivity contribution in [2.45, 2.75) is 70.1 Å². The average Bonchev–Trinajstić information content (AvgIpc) is 3.23. The van der Waals surface area contributed by atoms with E-state index in [2.05, 4.69) is 0 Å². The Morgan fingerprint density at radius 2 is 1.74 bits per heavy atom. The molecule has 0 bridgehead atoms. The van der Waals surface area contributed by atoms with Crippen LogP contribution in [0.1, 0.15) is 63.5 Å². The van der Waals surface area contributed by atoms with E-state index >= 15 is 0 Å². The molecule has 0 aromatic heterocycles. The maximum Gasteiger partial charge on any atom is 0.250 e. The SMILES string of the molecule is CCCOc1ccc(C2C(=O)N(C3CCCCCC3)CC(=O)N2CC2COc3ccccc3O2)cc1OC. The fourth-order valence-corrected chi connectivity index (χ4v) is 5.72. The summed E-state index contributed by atoms with van der Waals surface area (Å²) in [6.45, 7) is 3.26. The van der Waals surface area contributed by atoms with Crippen LogP contribution in [0.2, 0.25) is 0 Å². The largest absolute Gasteiger partial charge is 0.493 e. The molecule has 2 unspecified atom stereocenters. The number of carbonyl (C=O) groups excluding carboxylic acids is 2. The molecular formula is C30H38N2O6. The highest BCUT2D eigenvalue weighted by Crippen LogP contribution is 2.38. The van der Waals surface area contributed by atoms with Crippen LogP contribution in [0.25, 0.3) is 0 Å². The highest BCUT2D eigenvalue weighted by Gasteiger charge is 2.44. The first-order chi connectivity index (χ1) is 18.6. The first kappa shape index (κ1) is 26.2. The van der Waals surface area contributed by atoms with Gasteiger partial charge in [-0.15, -0.1) is 0 Å². The molecule has 1 aliphatic carbocycles. The highest BCUT2D eigenvalue weighted by molar-refractivity contribution is 5.96. The van der Waals surface area contributed by atoms with Crippen LogP contribution in [-0.4, -0.2) is 67.2 Å². The van der Waals surface area contributed by atoms with Gasteiger partial charge < -0.3 is 28.7 Å². The van der Waals surface area contributed by atoms with Crippen molar-refractivity contribution in [3.05, 3.63) is 48.0 Å². The lowest BCUT2D eigenvalue weighted by Crippen LogP contribution is -2.60. The zero-order valence-electron chi connectivity index (χ0n) is 22.4. The van der Waals surface area contributed by atoms with Crippen LogP contribution in [-0.2, 0) is 9.59 Å². The molecule has 38 heavy (non-hydrogen) atoms. The highest BCUT2D eigenvalue weighted by atomic mass is 16.6. The predicted molar refractivity (Wildman–Crippen MR) is 143 cm³/mol. The molecule has 2 fully saturated rings. The number of hydrogen-bond acceptors (Lipinski definition) is 6. The van der Waals surface area contributed by atoms with Crippen LogP contribution in [0.5, 0.6) is 23.0 Å². The van der Waals surface area contributed by atoms with Crippen LogP contribution in [0, 0.1) is 0 Å². The Balaban J connectivity index is 1.45. The number of carbonyl (C=O) groups is 2. The topological polar surface area (TPSA) is 77.5 Å². The number of rotatable bonds is 8. The van der Waals surface area contributed by atoms with Gasteiger partial charge in [-0.05, 0) is 49.1 Å². The fraction of sp³-hybridized carbons (Fsp3) is 0.533. The van der Waals surface area contributed by atoms with Gasteiger partial charge in [0.05, 0.1) is 20.3 Å². The summed E-state index contributed by atoms with van der Waals surface area (Å²) >= 11 is 0. The second-order valence-electron chi connectivity index (χ2n) is 10.3.